The molecule has 24 heavy (non-hydrogen) atoms. The lowest BCUT2D eigenvalue weighted by Crippen LogP contribution is -2.35. The molecule has 1 aromatic carbocycles. The van der Waals surface area contributed by atoms with Gasteiger partial charge in [0.2, 0.25) is 0 Å². The van der Waals surface area contributed by atoms with Gasteiger partial charge >= 0.3 is 6.03 Å². The number of carbonyl (C=O) groups is 1. The number of rotatable bonds is 6. The molecule has 2 amide bonds. The van der Waals surface area contributed by atoms with E-state index in [1.807, 2.05) is 12.1 Å². The van der Waals surface area contributed by atoms with Crippen LogP contribution in [0.2, 0.25) is 0 Å². The summed E-state index contributed by atoms with van der Waals surface area (Å²) in [5.41, 5.74) is 2.06. The maximum Gasteiger partial charge on any atom is 0.319 e. The van der Waals surface area contributed by atoms with E-state index in [0.29, 0.717) is 24.6 Å². The maximum absolute atomic E-state index is 11.7. The van der Waals surface area contributed by atoms with Crippen LogP contribution in [0.25, 0.3) is 0 Å². The second-order valence-electron chi connectivity index (χ2n) is 7.28. The number of hydrogen-bond donors (Lipinski definition) is 4. The van der Waals surface area contributed by atoms with Gasteiger partial charge in [-0.15, -0.1) is 0 Å². The lowest BCUT2D eigenvalue weighted by molar-refractivity contribution is 0.172. The van der Waals surface area contributed by atoms with Crippen LogP contribution in [-0.2, 0) is 0 Å². The quantitative estimate of drug-likeness (QED) is 0.647. The van der Waals surface area contributed by atoms with Gasteiger partial charge in [-0.2, -0.15) is 0 Å². The van der Waals surface area contributed by atoms with Crippen LogP contribution < -0.4 is 16.0 Å². The summed E-state index contributed by atoms with van der Waals surface area (Å²) in [5.74, 6) is 0.491. The fraction of sp³-hybridized carbons (Fsp3) is 0.632. The summed E-state index contributed by atoms with van der Waals surface area (Å²) in [6.45, 7) is 2.51. The van der Waals surface area contributed by atoms with Crippen molar-refractivity contribution in [3.63, 3.8) is 0 Å². The fourth-order valence-electron chi connectivity index (χ4n) is 3.40. The molecule has 2 aliphatic rings. The summed E-state index contributed by atoms with van der Waals surface area (Å²) in [6, 6.07) is 9.14. The van der Waals surface area contributed by atoms with Gasteiger partial charge in [-0.3, -0.25) is 0 Å². The van der Waals surface area contributed by atoms with Crippen molar-refractivity contribution >= 4 is 11.7 Å². The zero-order chi connectivity index (χ0) is 16.9. The first-order valence-corrected chi connectivity index (χ1v) is 9.18. The standard InChI is InChI=1S/C19H29N3O2/c1-13(20-16-6-2-14(12-23)3-7-16)15-4-8-17(9-5-15)21-19(24)22-18-10-11-18/h4-5,8-9,13-14,16,18,20,23H,2-3,6-7,10-12H2,1H3,(H2,21,22,24). The molecule has 0 heterocycles. The second-order valence-corrected chi connectivity index (χ2v) is 7.28. The van der Waals surface area contributed by atoms with Gasteiger partial charge in [-0.1, -0.05) is 12.1 Å². The van der Waals surface area contributed by atoms with Crippen LogP contribution in [-0.4, -0.2) is 29.8 Å². The van der Waals surface area contributed by atoms with E-state index in [2.05, 4.69) is 35.0 Å². The number of nitrogens with one attached hydrogen (secondary N) is 3. The third-order valence-electron chi connectivity index (χ3n) is 5.17. The average Bonchev–Trinajstić information content (AvgIpc) is 3.40. The highest BCUT2D eigenvalue weighted by Gasteiger charge is 2.23. The number of amides is 2. The van der Waals surface area contributed by atoms with E-state index in [1.165, 1.54) is 5.56 Å². The molecule has 1 aromatic rings. The van der Waals surface area contributed by atoms with Crippen LogP contribution >= 0.6 is 0 Å². The Kier molecular flexibility index (Phi) is 5.74. The average molecular weight is 331 g/mol. The first kappa shape index (κ1) is 17.2. The molecule has 5 nitrogen and oxygen atoms in total. The Morgan fingerprint density at radius 1 is 1.08 bits per heavy atom. The first-order valence-electron chi connectivity index (χ1n) is 9.18. The molecule has 0 saturated heterocycles. The van der Waals surface area contributed by atoms with E-state index < -0.39 is 0 Å². The van der Waals surface area contributed by atoms with Crippen molar-refractivity contribution in [2.45, 2.75) is 63.6 Å². The van der Waals surface area contributed by atoms with Crippen molar-refractivity contribution < 1.29 is 9.90 Å². The molecule has 3 rings (SSSR count). The van der Waals surface area contributed by atoms with Gasteiger partial charge in [0.15, 0.2) is 0 Å². The monoisotopic (exact) mass is 331 g/mol. The molecular weight excluding hydrogens is 302 g/mol. The normalized spacial score (nSPS) is 25.1. The highest BCUT2D eigenvalue weighted by molar-refractivity contribution is 5.89. The van der Waals surface area contributed by atoms with Gasteiger partial charge in [-0.25, -0.2) is 4.79 Å². The number of carbonyl (C=O) groups excluding carboxylic acids is 1. The summed E-state index contributed by atoms with van der Waals surface area (Å²) < 4.78 is 0. The van der Waals surface area contributed by atoms with Crippen LogP contribution in [0.1, 0.15) is 57.1 Å². The molecule has 1 atom stereocenters. The lowest BCUT2D eigenvalue weighted by atomic mass is 9.86. The molecule has 1 unspecified atom stereocenters. The highest BCUT2D eigenvalue weighted by Crippen LogP contribution is 2.26. The van der Waals surface area contributed by atoms with E-state index in [-0.39, 0.29) is 12.1 Å². The molecule has 0 radical (unpaired) electrons. The minimum atomic E-state index is -0.114. The number of aliphatic hydroxyl groups is 1. The van der Waals surface area contributed by atoms with Crippen molar-refractivity contribution in [3.05, 3.63) is 29.8 Å². The minimum absolute atomic E-state index is 0.114. The van der Waals surface area contributed by atoms with Crippen molar-refractivity contribution in [1.82, 2.24) is 10.6 Å². The molecule has 2 fully saturated rings. The smallest absolute Gasteiger partial charge is 0.319 e. The van der Waals surface area contributed by atoms with Gasteiger partial charge in [0.05, 0.1) is 0 Å². The molecule has 0 aliphatic heterocycles. The van der Waals surface area contributed by atoms with E-state index in [1.54, 1.807) is 0 Å². The fourth-order valence-corrected chi connectivity index (χ4v) is 3.40. The molecule has 5 heteroatoms. The van der Waals surface area contributed by atoms with E-state index >= 15 is 0 Å². The van der Waals surface area contributed by atoms with Gasteiger partial charge < -0.3 is 21.1 Å². The number of hydrogen-bond acceptors (Lipinski definition) is 3. The summed E-state index contributed by atoms with van der Waals surface area (Å²) in [5, 5.41) is 18.7. The number of anilines is 1. The Hall–Kier alpha value is -1.59. The molecule has 0 spiro atoms. The molecule has 4 N–H and O–H groups in total. The predicted octanol–water partition coefficient (Wildman–Crippen LogP) is 3.17. The summed E-state index contributed by atoms with van der Waals surface area (Å²) in [6.07, 6.45) is 6.68. The maximum atomic E-state index is 11.7. The third kappa shape index (κ3) is 4.95. The molecule has 0 aromatic heterocycles. The Balaban J connectivity index is 1.46. The van der Waals surface area contributed by atoms with Crippen LogP contribution in [0.5, 0.6) is 0 Å². The van der Waals surface area contributed by atoms with E-state index in [9.17, 15) is 9.90 Å². The van der Waals surface area contributed by atoms with Gasteiger partial charge in [0, 0.05) is 30.4 Å². The molecule has 2 saturated carbocycles. The number of benzene rings is 1. The Bertz CT molecular complexity index is 534. The number of aliphatic hydroxyl groups excluding tert-OH is 1. The van der Waals surface area contributed by atoms with Crippen molar-refractivity contribution in [1.29, 1.82) is 0 Å². The van der Waals surface area contributed by atoms with E-state index in [0.717, 1.165) is 44.2 Å². The molecule has 0 bridgehead atoms. The van der Waals surface area contributed by atoms with E-state index in [4.69, 9.17) is 0 Å². The van der Waals surface area contributed by atoms with Crippen molar-refractivity contribution in [2.24, 2.45) is 5.92 Å². The summed E-state index contributed by atoms with van der Waals surface area (Å²) in [4.78, 5) is 11.7. The predicted molar refractivity (Wildman–Crippen MR) is 96.0 cm³/mol. The van der Waals surface area contributed by atoms with Crippen LogP contribution in [0, 0.1) is 5.92 Å². The SMILES string of the molecule is CC(NC1CCC(CO)CC1)c1ccc(NC(=O)NC2CC2)cc1. The van der Waals surface area contributed by atoms with Crippen molar-refractivity contribution in [2.75, 3.05) is 11.9 Å². The van der Waals surface area contributed by atoms with Gasteiger partial charge in [0.1, 0.15) is 0 Å². The van der Waals surface area contributed by atoms with Crippen LogP contribution in [0.4, 0.5) is 10.5 Å². The third-order valence-corrected chi connectivity index (χ3v) is 5.17. The zero-order valence-electron chi connectivity index (χ0n) is 14.4. The number of urea groups is 1. The zero-order valence-corrected chi connectivity index (χ0v) is 14.4. The topological polar surface area (TPSA) is 73.4 Å². The minimum Gasteiger partial charge on any atom is -0.396 e. The largest absolute Gasteiger partial charge is 0.396 e. The summed E-state index contributed by atoms with van der Waals surface area (Å²) >= 11 is 0. The van der Waals surface area contributed by atoms with Crippen molar-refractivity contribution in [3.8, 4) is 0 Å². The molecular formula is C19H29N3O2. The van der Waals surface area contributed by atoms with Gasteiger partial charge in [0.25, 0.3) is 0 Å². The first-order chi connectivity index (χ1) is 11.6. The Morgan fingerprint density at radius 2 is 1.71 bits per heavy atom. The Labute approximate surface area is 144 Å². The molecule has 2 aliphatic carbocycles. The highest BCUT2D eigenvalue weighted by atomic mass is 16.3. The Morgan fingerprint density at radius 3 is 2.29 bits per heavy atom. The van der Waals surface area contributed by atoms with Gasteiger partial charge in [-0.05, 0) is 69.1 Å². The van der Waals surface area contributed by atoms with Crippen LogP contribution in [0.15, 0.2) is 24.3 Å². The summed E-state index contributed by atoms with van der Waals surface area (Å²) in [7, 11) is 0. The second kappa shape index (κ2) is 7.99. The van der Waals surface area contributed by atoms with Crippen LogP contribution in [0.3, 0.4) is 0 Å². The molecule has 132 valence electrons. The lowest BCUT2D eigenvalue weighted by Gasteiger charge is -2.30.